The fourth-order valence-corrected chi connectivity index (χ4v) is 1.69. The summed E-state index contributed by atoms with van der Waals surface area (Å²) < 4.78 is 0. The Hall–Kier alpha value is -1.58. The van der Waals surface area contributed by atoms with Crippen LogP contribution in [0.3, 0.4) is 0 Å². The average Bonchev–Trinajstić information content (AvgIpc) is 2.26. The summed E-state index contributed by atoms with van der Waals surface area (Å²) in [6.07, 6.45) is 0. The maximum Gasteiger partial charge on any atom is 0.111 e. The van der Waals surface area contributed by atoms with E-state index in [2.05, 4.69) is 10.4 Å². The van der Waals surface area contributed by atoms with Gasteiger partial charge < -0.3 is 0 Å². The van der Waals surface area contributed by atoms with Crippen LogP contribution in [0.5, 0.6) is 0 Å². The summed E-state index contributed by atoms with van der Waals surface area (Å²) in [7, 11) is 0. The Bertz CT molecular complexity index is 372. The van der Waals surface area contributed by atoms with Gasteiger partial charge >= 0.3 is 0 Å². The summed E-state index contributed by atoms with van der Waals surface area (Å²) in [4.78, 5) is 21.5. The van der Waals surface area contributed by atoms with Gasteiger partial charge in [0.15, 0.2) is 0 Å². The first-order chi connectivity index (χ1) is 7.51. The van der Waals surface area contributed by atoms with E-state index in [-0.39, 0.29) is 11.8 Å². The number of nitrogens with zero attached hydrogens (tertiary/aromatic N) is 2. The summed E-state index contributed by atoms with van der Waals surface area (Å²) >= 11 is 0. The second-order valence-corrected chi connectivity index (χ2v) is 4.46. The zero-order chi connectivity index (χ0) is 12.3. The normalized spacial score (nSPS) is 10.9. The van der Waals surface area contributed by atoms with Crippen LogP contribution in [0.4, 0.5) is 11.4 Å². The van der Waals surface area contributed by atoms with Gasteiger partial charge in [0.05, 0.1) is 0 Å². The molecule has 0 aromatic heterocycles. The van der Waals surface area contributed by atoms with E-state index in [9.17, 15) is 9.81 Å². The van der Waals surface area contributed by atoms with Crippen LogP contribution in [-0.4, -0.2) is 0 Å². The first-order valence-electron chi connectivity index (χ1n) is 5.35. The van der Waals surface area contributed by atoms with Gasteiger partial charge in [-0.1, -0.05) is 27.7 Å². The lowest BCUT2D eigenvalue weighted by Crippen LogP contribution is -1.93. The molecule has 0 unspecified atom stereocenters. The lowest BCUT2D eigenvalue weighted by Gasteiger charge is -2.13. The predicted octanol–water partition coefficient (Wildman–Crippen LogP) is 4.73. The molecule has 0 heterocycles. The van der Waals surface area contributed by atoms with Crippen molar-refractivity contribution in [1.29, 1.82) is 0 Å². The van der Waals surface area contributed by atoms with Gasteiger partial charge in [-0.15, -0.1) is 9.81 Å². The van der Waals surface area contributed by atoms with Gasteiger partial charge in [0.1, 0.15) is 11.4 Å². The molecule has 1 aromatic carbocycles. The Balaban J connectivity index is 3.45. The lowest BCUT2D eigenvalue weighted by molar-refractivity contribution is 0.845. The van der Waals surface area contributed by atoms with E-state index in [1.54, 1.807) is 12.1 Å². The van der Waals surface area contributed by atoms with E-state index >= 15 is 0 Å². The maximum absolute atomic E-state index is 10.7. The predicted molar refractivity (Wildman–Crippen MR) is 65.5 cm³/mol. The molecule has 0 fully saturated rings. The summed E-state index contributed by atoms with van der Waals surface area (Å²) in [5, 5.41) is 6.03. The molecule has 0 spiro atoms. The summed E-state index contributed by atoms with van der Waals surface area (Å²) in [5.41, 5.74) is 2.36. The van der Waals surface area contributed by atoms with Crippen molar-refractivity contribution < 1.29 is 0 Å². The van der Waals surface area contributed by atoms with E-state index in [0.29, 0.717) is 11.4 Å². The third-order valence-electron chi connectivity index (χ3n) is 2.62. The topological polar surface area (TPSA) is 58.9 Å². The molecule has 0 radical (unpaired) electrons. The molecule has 1 rings (SSSR count). The lowest BCUT2D eigenvalue weighted by atomic mass is 9.94. The highest BCUT2D eigenvalue weighted by molar-refractivity contribution is 5.61. The summed E-state index contributed by atoms with van der Waals surface area (Å²) in [6.45, 7) is 7.81. The fourth-order valence-electron chi connectivity index (χ4n) is 1.69. The van der Waals surface area contributed by atoms with Crippen LogP contribution in [0.15, 0.2) is 22.5 Å². The van der Waals surface area contributed by atoms with Crippen LogP contribution in [0.1, 0.15) is 50.7 Å². The first-order valence-corrected chi connectivity index (χ1v) is 5.35. The smallest absolute Gasteiger partial charge is 0.111 e. The van der Waals surface area contributed by atoms with Crippen molar-refractivity contribution in [3.8, 4) is 0 Å². The molecule has 0 saturated heterocycles. The van der Waals surface area contributed by atoms with E-state index in [1.165, 1.54) is 0 Å². The first kappa shape index (κ1) is 12.5. The molecule has 4 heteroatoms. The molecule has 0 aliphatic carbocycles. The molecule has 16 heavy (non-hydrogen) atoms. The minimum Gasteiger partial charge on any atom is -0.145 e. The Morgan fingerprint density at radius 1 is 0.812 bits per heavy atom. The molecule has 0 aliphatic rings. The Morgan fingerprint density at radius 3 is 1.31 bits per heavy atom. The van der Waals surface area contributed by atoms with Crippen LogP contribution in [-0.2, 0) is 0 Å². The highest BCUT2D eigenvalue weighted by Crippen LogP contribution is 2.36. The average molecular weight is 220 g/mol. The van der Waals surface area contributed by atoms with Crippen molar-refractivity contribution in [2.45, 2.75) is 39.5 Å². The zero-order valence-electron chi connectivity index (χ0n) is 10.0. The van der Waals surface area contributed by atoms with E-state index in [1.807, 2.05) is 27.7 Å². The zero-order valence-corrected chi connectivity index (χ0v) is 10.0. The van der Waals surface area contributed by atoms with Crippen LogP contribution < -0.4 is 0 Å². The third-order valence-corrected chi connectivity index (χ3v) is 2.62. The highest BCUT2D eigenvalue weighted by Gasteiger charge is 2.15. The number of rotatable bonds is 4. The van der Waals surface area contributed by atoms with Gasteiger partial charge in [-0.3, -0.25) is 0 Å². The fraction of sp³-hybridized carbons (Fsp3) is 0.500. The minimum absolute atomic E-state index is 0.148. The monoisotopic (exact) mass is 220 g/mol. The molecular weight excluding hydrogens is 204 g/mol. The second-order valence-electron chi connectivity index (χ2n) is 4.46. The molecule has 0 amide bonds. The summed E-state index contributed by atoms with van der Waals surface area (Å²) in [5.74, 6) is 0.295. The minimum atomic E-state index is 0.148. The van der Waals surface area contributed by atoms with Crippen molar-refractivity contribution in [3.05, 3.63) is 33.1 Å². The van der Waals surface area contributed by atoms with E-state index in [0.717, 1.165) is 11.1 Å². The van der Waals surface area contributed by atoms with Crippen molar-refractivity contribution in [3.63, 3.8) is 0 Å². The number of nitroso groups, excluding NO2 is 2. The van der Waals surface area contributed by atoms with Crippen LogP contribution in [0, 0.1) is 9.81 Å². The molecule has 0 N–H and O–H groups in total. The van der Waals surface area contributed by atoms with Gasteiger partial charge in [-0.05, 0) is 45.4 Å². The van der Waals surface area contributed by atoms with Crippen molar-refractivity contribution in [1.82, 2.24) is 0 Å². The Morgan fingerprint density at radius 2 is 1.12 bits per heavy atom. The van der Waals surface area contributed by atoms with Crippen LogP contribution >= 0.6 is 0 Å². The van der Waals surface area contributed by atoms with Crippen molar-refractivity contribution in [2.24, 2.45) is 10.4 Å². The van der Waals surface area contributed by atoms with Crippen molar-refractivity contribution in [2.75, 3.05) is 0 Å². The van der Waals surface area contributed by atoms with Gasteiger partial charge in [0.25, 0.3) is 0 Å². The maximum atomic E-state index is 10.7. The van der Waals surface area contributed by atoms with Crippen molar-refractivity contribution >= 4 is 11.4 Å². The molecule has 1 aromatic rings. The molecule has 86 valence electrons. The Kier molecular flexibility index (Phi) is 3.88. The molecule has 0 saturated carbocycles. The standard InChI is InChI=1S/C12H16N2O2/c1-7(2)9-5-12(14-16)10(8(3)4)6-11(9)13-15/h5-8H,1-4H3. The highest BCUT2D eigenvalue weighted by atomic mass is 16.3. The van der Waals surface area contributed by atoms with Crippen LogP contribution in [0.2, 0.25) is 0 Å². The number of benzene rings is 1. The summed E-state index contributed by atoms with van der Waals surface area (Å²) in [6, 6.07) is 3.34. The SMILES string of the molecule is CC(C)c1cc(N=O)c(C(C)C)cc1N=O. The molecule has 0 aliphatic heterocycles. The van der Waals surface area contributed by atoms with Gasteiger partial charge in [-0.25, -0.2) is 0 Å². The van der Waals surface area contributed by atoms with Gasteiger partial charge in [-0.2, -0.15) is 0 Å². The van der Waals surface area contributed by atoms with E-state index < -0.39 is 0 Å². The molecular formula is C12H16N2O2. The van der Waals surface area contributed by atoms with Crippen LogP contribution in [0.25, 0.3) is 0 Å². The Labute approximate surface area is 95.0 Å². The second kappa shape index (κ2) is 4.96. The molecule has 0 bridgehead atoms. The third kappa shape index (κ3) is 2.32. The van der Waals surface area contributed by atoms with Gasteiger partial charge in [0.2, 0.25) is 0 Å². The largest absolute Gasteiger partial charge is 0.145 e. The molecule has 0 atom stereocenters. The van der Waals surface area contributed by atoms with E-state index in [4.69, 9.17) is 0 Å². The molecule has 4 nitrogen and oxygen atoms in total. The quantitative estimate of drug-likeness (QED) is 0.688. The number of hydrogen-bond acceptors (Lipinski definition) is 4. The number of hydrogen-bond donors (Lipinski definition) is 0. The van der Waals surface area contributed by atoms with Gasteiger partial charge in [0, 0.05) is 0 Å².